The van der Waals surface area contributed by atoms with E-state index in [9.17, 15) is 26.3 Å². The Morgan fingerprint density at radius 3 is 2.16 bits per heavy atom. The van der Waals surface area contributed by atoms with Gasteiger partial charge < -0.3 is 4.74 Å². The van der Waals surface area contributed by atoms with E-state index in [1.54, 1.807) is 0 Å². The summed E-state index contributed by atoms with van der Waals surface area (Å²) in [6, 6.07) is 2.69. The molecule has 1 atom stereocenters. The van der Waals surface area contributed by atoms with Crippen LogP contribution in [0.2, 0.25) is 0 Å². The summed E-state index contributed by atoms with van der Waals surface area (Å²) < 4.78 is 79.3. The molecule has 0 aliphatic rings. The summed E-state index contributed by atoms with van der Waals surface area (Å²) in [5.74, 6) is -1.05. The largest absolute Gasteiger partial charge is 0.481 e. The number of ether oxygens (including phenoxy) is 1. The highest BCUT2D eigenvalue weighted by molar-refractivity contribution is 6.17. The first-order valence-electron chi connectivity index (χ1n) is 5.05. The van der Waals surface area contributed by atoms with Gasteiger partial charge in [-0.25, -0.2) is 0 Å². The second kappa shape index (κ2) is 5.48. The molecule has 0 aliphatic carbocycles. The topological polar surface area (TPSA) is 9.23 Å². The summed E-state index contributed by atoms with van der Waals surface area (Å²) in [6.07, 6.45) is -11.9. The average Bonchev–Trinajstić information content (AvgIpc) is 2.26. The van der Waals surface area contributed by atoms with Gasteiger partial charge >= 0.3 is 12.4 Å². The van der Waals surface area contributed by atoms with Gasteiger partial charge in [0, 0.05) is 5.88 Å². The fourth-order valence-electron chi connectivity index (χ4n) is 1.24. The first-order chi connectivity index (χ1) is 8.55. The van der Waals surface area contributed by atoms with Crippen LogP contribution in [-0.4, -0.2) is 12.3 Å². The molecule has 0 bridgehead atoms. The van der Waals surface area contributed by atoms with E-state index in [1.165, 1.54) is 6.07 Å². The van der Waals surface area contributed by atoms with Crippen molar-refractivity contribution < 1.29 is 31.1 Å². The minimum atomic E-state index is -4.82. The van der Waals surface area contributed by atoms with Crippen molar-refractivity contribution in [3.8, 4) is 5.75 Å². The van der Waals surface area contributed by atoms with Crippen molar-refractivity contribution in [2.45, 2.75) is 31.3 Å². The third kappa shape index (κ3) is 4.19. The Morgan fingerprint density at radius 1 is 1.16 bits per heavy atom. The van der Waals surface area contributed by atoms with Crippen molar-refractivity contribution in [1.29, 1.82) is 0 Å². The van der Waals surface area contributed by atoms with Crippen molar-refractivity contribution in [2.75, 3.05) is 0 Å². The normalized spacial score (nSPS) is 14.3. The smallest absolute Gasteiger partial charge is 0.425 e. The minimum absolute atomic E-state index is 0.140. The van der Waals surface area contributed by atoms with Gasteiger partial charge in [-0.05, 0) is 24.6 Å². The predicted molar refractivity (Wildman–Crippen MR) is 57.1 cm³/mol. The fraction of sp³-hybridized carbons (Fsp3) is 0.455. The minimum Gasteiger partial charge on any atom is -0.481 e. The van der Waals surface area contributed by atoms with Gasteiger partial charge in [0.1, 0.15) is 5.75 Å². The van der Waals surface area contributed by atoms with E-state index in [-0.39, 0.29) is 11.4 Å². The molecule has 0 N–H and O–H groups in total. The number of rotatable bonds is 3. The maximum absolute atomic E-state index is 12.7. The molecular weight excluding hydrogens is 298 g/mol. The Labute approximate surface area is 110 Å². The van der Waals surface area contributed by atoms with Gasteiger partial charge in [-0.15, -0.1) is 11.6 Å². The maximum Gasteiger partial charge on any atom is 0.425 e. The second-order valence-electron chi connectivity index (χ2n) is 3.76. The standard InChI is InChI=1S/C11H9ClF6O/c1-6(10(13,14)15)19-9-3-2-7(5-12)4-8(9)11(16,17)18/h2-4,6H,5H2,1H3. The van der Waals surface area contributed by atoms with E-state index in [0.717, 1.165) is 6.07 Å². The lowest BCUT2D eigenvalue weighted by molar-refractivity contribution is -0.191. The molecule has 0 radical (unpaired) electrons. The van der Waals surface area contributed by atoms with E-state index in [1.807, 2.05) is 0 Å². The lowest BCUT2D eigenvalue weighted by atomic mass is 10.1. The molecule has 1 rings (SSSR count). The molecule has 0 saturated heterocycles. The summed E-state index contributed by atoms with van der Waals surface area (Å²) in [5.41, 5.74) is -1.14. The fourth-order valence-corrected chi connectivity index (χ4v) is 1.41. The van der Waals surface area contributed by atoms with Crippen LogP contribution in [0.5, 0.6) is 5.75 Å². The lowest BCUT2D eigenvalue weighted by Gasteiger charge is -2.21. The van der Waals surface area contributed by atoms with Crippen LogP contribution >= 0.6 is 11.6 Å². The summed E-state index contributed by atoms with van der Waals surface area (Å²) in [4.78, 5) is 0. The first-order valence-corrected chi connectivity index (χ1v) is 5.58. The van der Waals surface area contributed by atoms with E-state index in [2.05, 4.69) is 4.74 Å². The van der Waals surface area contributed by atoms with E-state index < -0.39 is 29.8 Å². The molecule has 0 fully saturated rings. The van der Waals surface area contributed by atoms with Crippen LogP contribution in [0.15, 0.2) is 18.2 Å². The Kier molecular flexibility index (Phi) is 4.60. The van der Waals surface area contributed by atoms with Gasteiger partial charge in [-0.1, -0.05) is 6.07 Å². The Bertz CT molecular complexity index is 440. The van der Waals surface area contributed by atoms with Crippen molar-refractivity contribution in [3.05, 3.63) is 29.3 Å². The van der Waals surface area contributed by atoms with Crippen LogP contribution < -0.4 is 4.74 Å². The summed E-state index contributed by atoms with van der Waals surface area (Å²) in [5, 5.41) is 0. The van der Waals surface area contributed by atoms with Gasteiger partial charge in [0.05, 0.1) is 5.56 Å². The van der Waals surface area contributed by atoms with Crippen molar-refractivity contribution >= 4 is 11.6 Å². The van der Waals surface area contributed by atoms with Crippen LogP contribution in [0.3, 0.4) is 0 Å². The van der Waals surface area contributed by atoms with Crippen molar-refractivity contribution in [2.24, 2.45) is 0 Å². The molecule has 108 valence electrons. The molecular formula is C11H9ClF6O. The molecule has 1 unspecified atom stereocenters. The van der Waals surface area contributed by atoms with Crippen LogP contribution in [-0.2, 0) is 12.1 Å². The Balaban J connectivity index is 3.14. The molecule has 0 saturated carbocycles. The Hall–Kier alpha value is -1.11. The summed E-state index contributed by atoms with van der Waals surface area (Å²) in [7, 11) is 0. The van der Waals surface area contributed by atoms with E-state index in [4.69, 9.17) is 11.6 Å². The molecule has 19 heavy (non-hydrogen) atoms. The molecule has 1 aromatic carbocycles. The zero-order valence-electron chi connectivity index (χ0n) is 9.57. The molecule has 0 aliphatic heterocycles. The first kappa shape index (κ1) is 15.9. The van der Waals surface area contributed by atoms with Crippen molar-refractivity contribution in [3.63, 3.8) is 0 Å². The van der Waals surface area contributed by atoms with Crippen LogP contribution in [0.4, 0.5) is 26.3 Å². The lowest BCUT2D eigenvalue weighted by Crippen LogP contribution is -2.31. The van der Waals surface area contributed by atoms with Crippen LogP contribution in [0.1, 0.15) is 18.1 Å². The predicted octanol–water partition coefficient (Wildman–Crippen LogP) is 4.77. The second-order valence-corrected chi connectivity index (χ2v) is 4.03. The van der Waals surface area contributed by atoms with Crippen LogP contribution in [0.25, 0.3) is 0 Å². The number of halogens is 7. The molecule has 1 aromatic rings. The van der Waals surface area contributed by atoms with Gasteiger partial charge in [-0.2, -0.15) is 26.3 Å². The van der Waals surface area contributed by atoms with Crippen molar-refractivity contribution in [1.82, 2.24) is 0 Å². The third-order valence-electron chi connectivity index (χ3n) is 2.27. The van der Waals surface area contributed by atoms with Gasteiger partial charge in [0.15, 0.2) is 6.10 Å². The van der Waals surface area contributed by atoms with Gasteiger partial charge in [0.2, 0.25) is 0 Å². The zero-order chi connectivity index (χ0) is 14.8. The molecule has 0 heterocycles. The highest BCUT2D eigenvalue weighted by atomic mass is 35.5. The zero-order valence-corrected chi connectivity index (χ0v) is 10.3. The SMILES string of the molecule is CC(Oc1ccc(CCl)cc1C(F)(F)F)C(F)(F)F. The molecule has 8 heteroatoms. The number of hydrogen-bond acceptors (Lipinski definition) is 1. The number of benzene rings is 1. The summed E-state index contributed by atoms with van der Waals surface area (Å²) in [6.45, 7) is 0.635. The van der Waals surface area contributed by atoms with Crippen LogP contribution in [0, 0.1) is 0 Å². The number of hydrogen-bond donors (Lipinski definition) is 0. The van der Waals surface area contributed by atoms with E-state index in [0.29, 0.717) is 13.0 Å². The molecule has 0 amide bonds. The maximum atomic E-state index is 12.7. The summed E-state index contributed by atoms with van der Waals surface area (Å²) >= 11 is 5.39. The average molecular weight is 307 g/mol. The monoisotopic (exact) mass is 306 g/mol. The molecule has 0 spiro atoms. The highest BCUT2D eigenvalue weighted by Gasteiger charge is 2.41. The molecule has 0 aromatic heterocycles. The quantitative estimate of drug-likeness (QED) is 0.577. The number of alkyl halides is 7. The highest BCUT2D eigenvalue weighted by Crippen LogP contribution is 2.38. The van der Waals surface area contributed by atoms with E-state index >= 15 is 0 Å². The van der Waals surface area contributed by atoms with Gasteiger partial charge in [-0.3, -0.25) is 0 Å². The van der Waals surface area contributed by atoms with Gasteiger partial charge in [0.25, 0.3) is 0 Å². The third-order valence-corrected chi connectivity index (χ3v) is 2.58. The molecule has 1 nitrogen and oxygen atoms in total. The Morgan fingerprint density at radius 2 is 1.74 bits per heavy atom.